The molecule has 0 radical (unpaired) electrons. The van der Waals surface area contributed by atoms with Crippen LogP contribution in [0.25, 0.3) is 0 Å². The minimum atomic E-state index is -0.973. The summed E-state index contributed by atoms with van der Waals surface area (Å²) < 4.78 is 0. The number of hydrogen-bond acceptors (Lipinski definition) is 2. The van der Waals surface area contributed by atoms with Crippen molar-refractivity contribution < 1.29 is 14.7 Å². The van der Waals surface area contributed by atoms with Crippen molar-refractivity contribution in [1.29, 1.82) is 0 Å². The molecule has 2 rings (SSSR count). The van der Waals surface area contributed by atoms with E-state index in [-0.39, 0.29) is 12.6 Å². The molecular weight excluding hydrogens is 232 g/mol. The SMILES string of the molecule is Cc1cccc(C)c1N1CC(C(=O)O)N(C)C1=O. The lowest BCUT2D eigenvalue weighted by Crippen LogP contribution is -2.36. The molecule has 18 heavy (non-hydrogen) atoms. The first kappa shape index (κ1) is 12.4. The number of anilines is 1. The number of urea groups is 1. The lowest BCUT2D eigenvalue weighted by Gasteiger charge is -2.20. The number of carbonyl (C=O) groups excluding carboxylic acids is 1. The van der Waals surface area contributed by atoms with E-state index in [4.69, 9.17) is 5.11 Å². The van der Waals surface area contributed by atoms with E-state index in [1.54, 1.807) is 4.90 Å². The Morgan fingerprint density at radius 1 is 1.33 bits per heavy atom. The molecule has 2 amide bonds. The lowest BCUT2D eigenvalue weighted by molar-refractivity contribution is -0.140. The van der Waals surface area contributed by atoms with Crippen molar-refractivity contribution in [3.8, 4) is 0 Å². The van der Waals surface area contributed by atoms with Gasteiger partial charge in [0.2, 0.25) is 0 Å². The van der Waals surface area contributed by atoms with Crippen LogP contribution >= 0.6 is 0 Å². The smallest absolute Gasteiger partial charge is 0.328 e. The number of carboxylic acid groups (broad SMARTS) is 1. The van der Waals surface area contributed by atoms with Crippen LogP contribution in [-0.2, 0) is 4.79 Å². The van der Waals surface area contributed by atoms with Gasteiger partial charge in [0.05, 0.1) is 12.2 Å². The minimum Gasteiger partial charge on any atom is -0.480 e. The van der Waals surface area contributed by atoms with Gasteiger partial charge in [-0.1, -0.05) is 18.2 Å². The molecule has 5 heteroatoms. The summed E-state index contributed by atoms with van der Waals surface area (Å²) in [5.74, 6) is -0.973. The summed E-state index contributed by atoms with van der Waals surface area (Å²) in [6, 6.07) is 4.72. The van der Waals surface area contributed by atoms with Crippen LogP contribution in [0.3, 0.4) is 0 Å². The monoisotopic (exact) mass is 248 g/mol. The van der Waals surface area contributed by atoms with E-state index in [9.17, 15) is 9.59 Å². The number of likely N-dealkylation sites (N-methyl/N-ethyl adjacent to an activating group) is 1. The van der Waals surface area contributed by atoms with Crippen molar-refractivity contribution in [2.24, 2.45) is 0 Å². The number of benzene rings is 1. The number of aliphatic carboxylic acids is 1. The predicted molar refractivity (Wildman–Crippen MR) is 67.8 cm³/mol. The highest BCUT2D eigenvalue weighted by Crippen LogP contribution is 2.29. The highest BCUT2D eigenvalue weighted by Gasteiger charge is 2.40. The Hall–Kier alpha value is -2.04. The molecule has 0 aromatic heterocycles. The highest BCUT2D eigenvalue weighted by molar-refractivity contribution is 5.99. The maximum atomic E-state index is 12.1. The third-order valence-corrected chi connectivity index (χ3v) is 3.35. The van der Waals surface area contributed by atoms with Gasteiger partial charge in [0.1, 0.15) is 6.04 Å². The van der Waals surface area contributed by atoms with Crippen LogP contribution in [-0.4, -0.2) is 41.6 Å². The van der Waals surface area contributed by atoms with Gasteiger partial charge in [0, 0.05) is 7.05 Å². The zero-order valence-electron chi connectivity index (χ0n) is 10.7. The Kier molecular flexibility index (Phi) is 2.98. The lowest BCUT2D eigenvalue weighted by atomic mass is 10.1. The molecule has 0 saturated carbocycles. The maximum absolute atomic E-state index is 12.1. The largest absolute Gasteiger partial charge is 0.480 e. The number of amides is 2. The van der Waals surface area contributed by atoms with E-state index in [0.717, 1.165) is 16.8 Å². The van der Waals surface area contributed by atoms with Gasteiger partial charge in [-0.05, 0) is 25.0 Å². The van der Waals surface area contributed by atoms with E-state index in [1.165, 1.54) is 11.9 Å². The molecule has 1 aromatic carbocycles. The zero-order valence-corrected chi connectivity index (χ0v) is 10.7. The third kappa shape index (κ3) is 1.81. The summed E-state index contributed by atoms with van der Waals surface area (Å²) in [6.07, 6.45) is 0. The molecule has 0 aliphatic carbocycles. The molecule has 0 bridgehead atoms. The van der Waals surface area contributed by atoms with E-state index in [0.29, 0.717) is 0 Å². The Morgan fingerprint density at radius 3 is 2.33 bits per heavy atom. The highest BCUT2D eigenvalue weighted by atomic mass is 16.4. The molecule has 1 aromatic rings. The molecule has 1 fully saturated rings. The number of nitrogens with zero attached hydrogens (tertiary/aromatic N) is 2. The molecule has 1 aliphatic rings. The Labute approximate surface area is 106 Å². The van der Waals surface area contributed by atoms with Crippen molar-refractivity contribution in [2.75, 3.05) is 18.5 Å². The van der Waals surface area contributed by atoms with Gasteiger partial charge in [0.15, 0.2) is 0 Å². The first-order valence-electron chi connectivity index (χ1n) is 5.77. The second-order valence-electron chi connectivity index (χ2n) is 4.60. The predicted octanol–water partition coefficient (Wildman–Crippen LogP) is 1.63. The zero-order chi connectivity index (χ0) is 13.4. The van der Waals surface area contributed by atoms with Crippen molar-refractivity contribution in [3.05, 3.63) is 29.3 Å². The third-order valence-electron chi connectivity index (χ3n) is 3.35. The standard InChI is InChI=1S/C13H16N2O3/c1-8-5-4-6-9(2)11(8)15-7-10(12(16)17)14(3)13(15)18/h4-6,10H,7H2,1-3H3,(H,16,17). The summed E-state index contributed by atoms with van der Waals surface area (Å²) in [5, 5.41) is 9.08. The maximum Gasteiger partial charge on any atom is 0.328 e. The van der Waals surface area contributed by atoms with Gasteiger partial charge in [-0.3, -0.25) is 4.90 Å². The average molecular weight is 248 g/mol. The van der Waals surface area contributed by atoms with Crippen LogP contribution in [0, 0.1) is 13.8 Å². The van der Waals surface area contributed by atoms with Crippen molar-refractivity contribution in [3.63, 3.8) is 0 Å². The summed E-state index contributed by atoms with van der Waals surface area (Å²) >= 11 is 0. The molecule has 5 nitrogen and oxygen atoms in total. The molecule has 1 heterocycles. The van der Waals surface area contributed by atoms with Gasteiger partial charge >= 0.3 is 12.0 Å². The fraction of sp³-hybridized carbons (Fsp3) is 0.385. The first-order valence-corrected chi connectivity index (χ1v) is 5.77. The van der Waals surface area contributed by atoms with Crippen molar-refractivity contribution >= 4 is 17.7 Å². The van der Waals surface area contributed by atoms with Gasteiger partial charge in [-0.25, -0.2) is 9.59 Å². The second kappa shape index (κ2) is 4.33. The fourth-order valence-corrected chi connectivity index (χ4v) is 2.36. The summed E-state index contributed by atoms with van der Waals surface area (Å²) in [7, 11) is 1.52. The van der Waals surface area contributed by atoms with Crippen molar-refractivity contribution in [2.45, 2.75) is 19.9 Å². The summed E-state index contributed by atoms with van der Waals surface area (Å²) in [4.78, 5) is 26.0. The van der Waals surface area contributed by atoms with Crippen LogP contribution in [0.4, 0.5) is 10.5 Å². The molecule has 1 unspecified atom stereocenters. The van der Waals surface area contributed by atoms with Crippen LogP contribution in [0.5, 0.6) is 0 Å². The van der Waals surface area contributed by atoms with E-state index < -0.39 is 12.0 Å². The van der Waals surface area contributed by atoms with E-state index >= 15 is 0 Å². The van der Waals surface area contributed by atoms with Gasteiger partial charge < -0.3 is 10.0 Å². The van der Waals surface area contributed by atoms with Crippen LogP contribution < -0.4 is 4.90 Å². The van der Waals surface area contributed by atoms with Crippen LogP contribution in [0.1, 0.15) is 11.1 Å². The number of hydrogen-bond donors (Lipinski definition) is 1. The van der Waals surface area contributed by atoms with E-state index in [1.807, 2.05) is 32.0 Å². The Balaban J connectivity index is 2.41. The molecule has 96 valence electrons. The number of carboxylic acids is 1. The topological polar surface area (TPSA) is 60.9 Å². The average Bonchev–Trinajstić information content (AvgIpc) is 2.57. The second-order valence-corrected chi connectivity index (χ2v) is 4.60. The summed E-state index contributed by atoms with van der Waals surface area (Å²) in [5.41, 5.74) is 2.77. The fourth-order valence-electron chi connectivity index (χ4n) is 2.36. The van der Waals surface area contributed by atoms with Gasteiger partial charge in [-0.2, -0.15) is 0 Å². The number of para-hydroxylation sites is 1. The molecule has 1 atom stereocenters. The first-order chi connectivity index (χ1) is 8.43. The molecular formula is C13H16N2O3. The Morgan fingerprint density at radius 2 is 1.89 bits per heavy atom. The molecule has 1 saturated heterocycles. The normalized spacial score (nSPS) is 19.5. The number of aryl methyl sites for hydroxylation is 2. The van der Waals surface area contributed by atoms with Gasteiger partial charge in [0.25, 0.3) is 0 Å². The van der Waals surface area contributed by atoms with E-state index in [2.05, 4.69) is 0 Å². The van der Waals surface area contributed by atoms with Gasteiger partial charge in [-0.15, -0.1) is 0 Å². The summed E-state index contributed by atoms with van der Waals surface area (Å²) in [6.45, 7) is 4.03. The minimum absolute atomic E-state index is 0.191. The Bertz CT molecular complexity index is 493. The molecule has 1 N–H and O–H groups in total. The van der Waals surface area contributed by atoms with Crippen molar-refractivity contribution in [1.82, 2.24) is 4.90 Å². The quantitative estimate of drug-likeness (QED) is 0.865. The van der Waals surface area contributed by atoms with Crippen LogP contribution in [0.15, 0.2) is 18.2 Å². The molecule has 1 aliphatic heterocycles. The number of rotatable bonds is 2. The molecule has 0 spiro atoms. The number of carbonyl (C=O) groups is 2. The van der Waals surface area contributed by atoms with Crippen LogP contribution in [0.2, 0.25) is 0 Å².